The first-order chi connectivity index (χ1) is 7.88. The van der Waals surface area contributed by atoms with Crippen LogP contribution >= 0.6 is 23.2 Å². The summed E-state index contributed by atoms with van der Waals surface area (Å²) in [4.78, 5) is 3.66. The maximum atomic E-state index is 12.4. The Hall–Kier alpha value is -0.680. The molecule has 0 fully saturated rings. The molecule has 0 saturated heterocycles. The summed E-state index contributed by atoms with van der Waals surface area (Å²) in [5, 5.41) is 2.82. The van der Waals surface area contributed by atoms with E-state index in [0.717, 1.165) is 18.7 Å². The average molecular weight is 287 g/mol. The number of hydrogen-bond acceptors (Lipinski definition) is 2. The molecule has 0 bridgehead atoms. The molecule has 2 nitrogen and oxygen atoms in total. The van der Waals surface area contributed by atoms with Crippen molar-refractivity contribution >= 4 is 29.0 Å². The summed E-state index contributed by atoms with van der Waals surface area (Å²) < 4.78 is 37.1. The first-order valence-electron chi connectivity index (χ1n) is 4.93. The van der Waals surface area contributed by atoms with Gasteiger partial charge in [0.15, 0.2) is 0 Å². The number of aromatic nitrogens is 1. The van der Waals surface area contributed by atoms with Crippen molar-refractivity contribution in [2.45, 2.75) is 25.6 Å². The van der Waals surface area contributed by atoms with Gasteiger partial charge in [-0.2, -0.15) is 13.2 Å². The van der Waals surface area contributed by atoms with Gasteiger partial charge in [-0.05, 0) is 12.5 Å². The van der Waals surface area contributed by atoms with E-state index in [9.17, 15) is 13.2 Å². The normalized spacial score (nSPS) is 13.5. The second kappa shape index (κ2) is 5.78. The minimum Gasteiger partial charge on any atom is -0.365 e. The highest BCUT2D eigenvalue weighted by atomic mass is 35.5. The van der Waals surface area contributed by atoms with Crippen molar-refractivity contribution in [1.82, 2.24) is 4.98 Å². The van der Waals surface area contributed by atoms with E-state index in [-0.39, 0.29) is 16.9 Å². The molecule has 0 aliphatic heterocycles. The Morgan fingerprint density at radius 3 is 2.53 bits per heavy atom. The molecule has 1 rings (SSSR count). The van der Waals surface area contributed by atoms with E-state index in [1.807, 2.05) is 6.92 Å². The fourth-order valence-corrected chi connectivity index (χ4v) is 1.66. The summed E-state index contributed by atoms with van der Waals surface area (Å²) >= 11 is 11.4. The van der Waals surface area contributed by atoms with Crippen LogP contribution in [0.5, 0.6) is 0 Å². The van der Waals surface area contributed by atoms with Crippen LogP contribution in [0.15, 0.2) is 12.3 Å². The van der Waals surface area contributed by atoms with Crippen molar-refractivity contribution in [1.29, 1.82) is 0 Å². The SMILES string of the molecule is CCC(CCl)Nc1ncc(C(F)(F)F)cc1Cl. The van der Waals surface area contributed by atoms with Gasteiger partial charge in [-0.15, -0.1) is 11.6 Å². The topological polar surface area (TPSA) is 24.9 Å². The van der Waals surface area contributed by atoms with E-state index in [1.54, 1.807) is 0 Å². The number of pyridine rings is 1. The first-order valence-corrected chi connectivity index (χ1v) is 5.85. The molecule has 1 aromatic heterocycles. The molecular formula is C10H11Cl2F3N2. The maximum Gasteiger partial charge on any atom is 0.417 e. The molecule has 1 atom stereocenters. The molecule has 0 aliphatic carbocycles. The van der Waals surface area contributed by atoms with E-state index < -0.39 is 11.7 Å². The predicted octanol–water partition coefficient (Wildman–Crippen LogP) is 4.18. The summed E-state index contributed by atoms with van der Waals surface area (Å²) in [5.74, 6) is 0.544. The van der Waals surface area contributed by atoms with Crippen LogP contribution in [0.1, 0.15) is 18.9 Å². The van der Waals surface area contributed by atoms with Crippen molar-refractivity contribution < 1.29 is 13.2 Å². The third-order valence-corrected chi connectivity index (χ3v) is 2.85. The molecule has 0 radical (unpaired) electrons. The van der Waals surface area contributed by atoms with Crippen LogP contribution < -0.4 is 5.32 Å². The quantitative estimate of drug-likeness (QED) is 0.840. The van der Waals surface area contributed by atoms with Gasteiger partial charge in [-0.25, -0.2) is 4.98 Å². The summed E-state index contributed by atoms with van der Waals surface area (Å²) in [7, 11) is 0. The zero-order chi connectivity index (χ0) is 13.1. The second-order valence-corrected chi connectivity index (χ2v) is 4.17. The van der Waals surface area contributed by atoms with Gasteiger partial charge >= 0.3 is 6.18 Å². The lowest BCUT2D eigenvalue weighted by Gasteiger charge is -2.16. The summed E-state index contributed by atoms with van der Waals surface area (Å²) in [6, 6.07) is 0.774. The number of nitrogens with one attached hydrogen (secondary N) is 1. The van der Waals surface area contributed by atoms with Crippen molar-refractivity contribution in [3.63, 3.8) is 0 Å². The van der Waals surface area contributed by atoms with Crippen LogP contribution in [-0.2, 0) is 6.18 Å². The Balaban J connectivity index is 2.90. The number of alkyl halides is 4. The van der Waals surface area contributed by atoms with Gasteiger partial charge in [0.2, 0.25) is 0 Å². The van der Waals surface area contributed by atoms with Crippen LogP contribution in [0.25, 0.3) is 0 Å². The molecule has 0 aliphatic rings. The number of nitrogens with zero attached hydrogens (tertiary/aromatic N) is 1. The van der Waals surface area contributed by atoms with Crippen molar-refractivity contribution in [3.8, 4) is 0 Å². The Bertz CT molecular complexity index is 378. The predicted molar refractivity (Wildman–Crippen MR) is 62.7 cm³/mol. The fraction of sp³-hybridized carbons (Fsp3) is 0.500. The Labute approximate surface area is 107 Å². The lowest BCUT2D eigenvalue weighted by Crippen LogP contribution is -2.21. The number of halogens is 5. The van der Waals surface area contributed by atoms with Crippen LogP contribution in [0.2, 0.25) is 5.02 Å². The van der Waals surface area contributed by atoms with Crippen LogP contribution in [0.4, 0.5) is 19.0 Å². The lowest BCUT2D eigenvalue weighted by molar-refractivity contribution is -0.137. The molecule has 0 spiro atoms. The maximum absolute atomic E-state index is 12.4. The highest BCUT2D eigenvalue weighted by Gasteiger charge is 2.31. The monoisotopic (exact) mass is 286 g/mol. The van der Waals surface area contributed by atoms with Crippen LogP contribution in [0, 0.1) is 0 Å². The van der Waals surface area contributed by atoms with Gasteiger partial charge in [0.25, 0.3) is 0 Å². The highest BCUT2D eigenvalue weighted by molar-refractivity contribution is 6.33. The van der Waals surface area contributed by atoms with Crippen molar-refractivity contribution in [2.75, 3.05) is 11.2 Å². The van der Waals surface area contributed by atoms with Gasteiger partial charge < -0.3 is 5.32 Å². The minimum atomic E-state index is -4.44. The Morgan fingerprint density at radius 2 is 2.12 bits per heavy atom. The smallest absolute Gasteiger partial charge is 0.365 e. The van der Waals surface area contributed by atoms with Gasteiger partial charge in [0.05, 0.1) is 10.6 Å². The number of anilines is 1. The number of rotatable bonds is 4. The van der Waals surface area contributed by atoms with E-state index in [4.69, 9.17) is 23.2 Å². The van der Waals surface area contributed by atoms with E-state index in [1.165, 1.54) is 0 Å². The summed E-state index contributed by atoms with van der Waals surface area (Å²) in [6.45, 7) is 1.90. The third kappa shape index (κ3) is 3.92. The molecule has 0 saturated carbocycles. The molecule has 0 aromatic carbocycles. The highest BCUT2D eigenvalue weighted by Crippen LogP contribution is 2.32. The van der Waals surface area contributed by atoms with Gasteiger partial charge in [0.1, 0.15) is 5.82 Å². The van der Waals surface area contributed by atoms with Gasteiger partial charge in [0, 0.05) is 18.1 Å². The Kier molecular flexibility index (Phi) is 4.89. The largest absolute Gasteiger partial charge is 0.417 e. The van der Waals surface area contributed by atoms with Crippen molar-refractivity contribution in [3.05, 3.63) is 22.8 Å². The molecule has 96 valence electrons. The first kappa shape index (κ1) is 14.4. The van der Waals surface area contributed by atoms with E-state index >= 15 is 0 Å². The molecule has 1 unspecified atom stereocenters. The van der Waals surface area contributed by atoms with Gasteiger partial charge in [-0.1, -0.05) is 18.5 Å². The summed E-state index contributed by atoms with van der Waals surface area (Å²) in [6.07, 6.45) is -2.97. The zero-order valence-corrected chi connectivity index (χ0v) is 10.5. The number of hydrogen-bond donors (Lipinski definition) is 1. The zero-order valence-electron chi connectivity index (χ0n) is 8.98. The fourth-order valence-electron chi connectivity index (χ4n) is 1.14. The molecule has 1 N–H and O–H groups in total. The molecule has 1 aromatic rings. The third-order valence-electron chi connectivity index (χ3n) is 2.19. The van der Waals surface area contributed by atoms with E-state index in [2.05, 4.69) is 10.3 Å². The summed E-state index contributed by atoms with van der Waals surface area (Å²) in [5.41, 5.74) is -0.869. The molecule has 7 heteroatoms. The van der Waals surface area contributed by atoms with Crippen molar-refractivity contribution in [2.24, 2.45) is 0 Å². The molecule has 1 heterocycles. The molecular weight excluding hydrogens is 276 g/mol. The lowest BCUT2D eigenvalue weighted by atomic mass is 10.2. The van der Waals surface area contributed by atoms with Crippen LogP contribution in [0.3, 0.4) is 0 Å². The van der Waals surface area contributed by atoms with Crippen LogP contribution in [-0.4, -0.2) is 16.9 Å². The average Bonchev–Trinajstić information content (AvgIpc) is 2.26. The second-order valence-electron chi connectivity index (χ2n) is 3.46. The molecule has 17 heavy (non-hydrogen) atoms. The Morgan fingerprint density at radius 1 is 1.47 bits per heavy atom. The standard InChI is InChI=1S/C10H11Cl2F3N2/c1-2-7(4-11)17-9-8(12)3-6(5-16-9)10(13,14)15/h3,5,7H,2,4H2,1H3,(H,16,17). The van der Waals surface area contributed by atoms with Gasteiger partial charge in [-0.3, -0.25) is 0 Å². The molecule has 0 amide bonds. The van der Waals surface area contributed by atoms with E-state index in [0.29, 0.717) is 5.88 Å². The minimum absolute atomic E-state index is 0.0663.